The van der Waals surface area contributed by atoms with Crippen molar-refractivity contribution in [2.24, 2.45) is 5.92 Å². The molecule has 6 nitrogen and oxygen atoms in total. The third-order valence-corrected chi connectivity index (χ3v) is 5.08. The minimum absolute atomic E-state index is 0.184. The highest BCUT2D eigenvalue weighted by Crippen LogP contribution is 2.49. The van der Waals surface area contributed by atoms with Crippen LogP contribution in [0.4, 0.5) is 0 Å². The Morgan fingerprint density at radius 3 is 2.33 bits per heavy atom. The van der Waals surface area contributed by atoms with E-state index in [4.69, 9.17) is 19.2 Å². The molecule has 3 rings (SSSR count). The van der Waals surface area contributed by atoms with Crippen LogP contribution >= 0.6 is 0 Å². The minimum atomic E-state index is -1.72. The van der Waals surface area contributed by atoms with E-state index >= 15 is 0 Å². The Kier molecular flexibility index (Phi) is 5.24. The van der Waals surface area contributed by atoms with Crippen LogP contribution in [-0.2, 0) is 20.2 Å². The number of methoxy groups -OCH3 is 2. The van der Waals surface area contributed by atoms with Gasteiger partial charge in [0, 0.05) is 12.0 Å². The predicted molar refractivity (Wildman–Crippen MR) is 98.3 cm³/mol. The number of aliphatic hydroxyl groups is 1. The Bertz CT molecular complexity index is 814. The van der Waals surface area contributed by atoms with E-state index in [9.17, 15) is 9.90 Å². The van der Waals surface area contributed by atoms with Gasteiger partial charge in [0.25, 0.3) is 0 Å². The molecule has 0 radical (unpaired) electrons. The largest absolute Gasteiger partial charge is 0.497 e. The van der Waals surface area contributed by atoms with E-state index in [1.807, 2.05) is 48.5 Å². The van der Waals surface area contributed by atoms with Crippen LogP contribution in [0.15, 0.2) is 48.5 Å². The SMILES string of the molecule is COc1ccc(C2(c3ccccc3OC)CC(C(C)=O)C(C)(O)OO2)cc1. The summed E-state index contributed by atoms with van der Waals surface area (Å²) in [5, 5.41) is 10.5. The molecule has 1 aliphatic rings. The normalized spacial score (nSPS) is 27.8. The van der Waals surface area contributed by atoms with Gasteiger partial charge in [-0.3, -0.25) is 4.79 Å². The Hall–Kier alpha value is -2.41. The average Bonchev–Trinajstić information content (AvgIpc) is 2.68. The van der Waals surface area contributed by atoms with E-state index in [0.29, 0.717) is 17.1 Å². The van der Waals surface area contributed by atoms with Gasteiger partial charge in [0.2, 0.25) is 5.79 Å². The number of carbonyl (C=O) groups excluding carboxylic acids is 1. The fourth-order valence-corrected chi connectivity index (χ4v) is 3.56. The zero-order valence-electron chi connectivity index (χ0n) is 15.9. The molecule has 1 fully saturated rings. The molecule has 0 spiro atoms. The van der Waals surface area contributed by atoms with Crippen LogP contribution in [0.3, 0.4) is 0 Å². The number of rotatable bonds is 5. The fourth-order valence-electron chi connectivity index (χ4n) is 3.56. The Balaban J connectivity index is 2.19. The second-order valence-corrected chi connectivity index (χ2v) is 6.84. The number of hydrogen-bond acceptors (Lipinski definition) is 6. The summed E-state index contributed by atoms with van der Waals surface area (Å²) in [4.78, 5) is 23.5. The molecule has 144 valence electrons. The Morgan fingerprint density at radius 2 is 1.74 bits per heavy atom. The smallest absolute Gasteiger partial charge is 0.206 e. The summed E-state index contributed by atoms with van der Waals surface area (Å²) in [6.07, 6.45) is 0.196. The average molecular weight is 372 g/mol. The summed E-state index contributed by atoms with van der Waals surface area (Å²) < 4.78 is 10.8. The molecule has 2 aromatic rings. The quantitative estimate of drug-likeness (QED) is 0.813. The van der Waals surface area contributed by atoms with Crippen LogP contribution < -0.4 is 9.47 Å². The second-order valence-electron chi connectivity index (χ2n) is 6.84. The van der Waals surface area contributed by atoms with Crippen molar-refractivity contribution >= 4 is 5.78 Å². The minimum Gasteiger partial charge on any atom is -0.497 e. The number of para-hydroxylation sites is 1. The van der Waals surface area contributed by atoms with E-state index < -0.39 is 17.3 Å². The van der Waals surface area contributed by atoms with Gasteiger partial charge in [0.1, 0.15) is 17.3 Å². The Labute approximate surface area is 158 Å². The number of Topliss-reactive ketones (excluding diaryl/α,β-unsaturated/α-hetero) is 1. The van der Waals surface area contributed by atoms with Crippen LogP contribution in [0.1, 0.15) is 31.4 Å². The molecule has 1 saturated heterocycles. The number of ether oxygens (including phenoxy) is 2. The summed E-state index contributed by atoms with van der Waals surface area (Å²) in [6.45, 7) is 2.87. The maximum atomic E-state index is 12.3. The van der Waals surface area contributed by atoms with Crippen LogP contribution in [0, 0.1) is 5.92 Å². The topological polar surface area (TPSA) is 74.2 Å². The molecule has 6 heteroatoms. The van der Waals surface area contributed by atoms with Gasteiger partial charge in [-0.15, -0.1) is 0 Å². The molecule has 1 aliphatic heterocycles. The molecule has 3 unspecified atom stereocenters. The van der Waals surface area contributed by atoms with Crippen LogP contribution in [0.25, 0.3) is 0 Å². The van der Waals surface area contributed by atoms with Crippen molar-refractivity contribution in [1.82, 2.24) is 0 Å². The highest BCUT2D eigenvalue weighted by atomic mass is 17.2. The first-order valence-corrected chi connectivity index (χ1v) is 8.72. The van der Waals surface area contributed by atoms with Crippen molar-refractivity contribution in [2.75, 3.05) is 14.2 Å². The molecule has 27 heavy (non-hydrogen) atoms. The summed E-state index contributed by atoms with van der Waals surface area (Å²) >= 11 is 0. The van der Waals surface area contributed by atoms with E-state index in [0.717, 1.165) is 5.56 Å². The first kappa shape index (κ1) is 19.4. The van der Waals surface area contributed by atoms with Gasteiger partial charge in [0.15, 0.2) is 5.60 Å². The third kappa shape index (κ3) is 3.43. The highest BCUT2D eigenvalue weighted by molar-refractivity contribution is 5.79. The first-order valence-electron chi connectivity index (χ1n) is 8.72. The highest BCUT2D eigenvalue weighted by Gasteiger charge is 2.53. The van der Waals surface area contributed by atoms with Gasteiger partial charge in [-0.1, -0.05) is 30.3 Å². The van der Waals surface area contributed by atoms with E-state index in [2.05, 4.69) is 0 Å². The monoisotopic (exact) mass is 372 g/mol. The lowest BCUT2D eigenvalue weighted by Crippen LogP contribution is -2.53. The van der Waals surface area contributed by atoms with E-state index in [-0.39, 0.29) is 12.2 Å². The zero-order chi connectivity index (χ0) is 19.7. The molecule has 1 heterocycles. The van der Waals surface area contributed by atoms with Crippen molar-refractivity contribution in [3.63, 3.8) is 0 Å². The molecule has 0 bridgehead atoms. The predicted octanol–water partition coefficient (Wildman–Crippen LogP) is 3.21. The second kappa shape index (κ2) is 7.31. The maximum Gasteiger partial charge on any atom is 0.206 e. The molecular formula is C21H24O6. The van der Waals surface area contributed by atoms with Gasteiger partial charge in [-0.25, -0.2) is 4.89 Å². The zero-order valence-corrected chi connectivity index (χ0v) is 15.9. The molecule has 0 saturated carbocycles. The van der Waals surface area contributed by atoms with Crippen molar-refractivity contribution in [1.29, 1.82) is 0 Å². The lowest BCUT2D eigenvalue weighted by molar-refractivity contribution is -0.487. The van der Waals surface area contributed by atoms with Gasteiger partial charge in [0.05, 0.1) is 20.1 Å². The van der Waals surface area contributed by atoms with Crippen molar-refractivity contribution < 1.29 is 29.1 Å². The number of hydrogen-bond donors (Lipinski definition) is 1. The van der Waals surface area contributed by atoms with Crippen LogP contribution in [0.2, 0.25) is 0 Å². The van der Waals surface area contributed by atoms with E-state index in [1.54, 1.807) is 14.2 Å². The molecule has 3 atom stereocenters. The number of ketones is 1. The summed E-state index contributed by atoms with van der Waals surface area (Å²) in [5.41, 5.74) is 0.339. The molecule has 2 aromatic carbocycles. The van der Waals surface area contributed by atoms with Crippen molar-refractivity contribution in [3.05, 3.63) is 59.7 Å². The third-order valence-electron chi connectivity index (χ3n) is 5.08. The fraction of sp³-hybridized carbons (Fsp3) is 0.381. The maximum absolute atomic E-state index is 12.3. The molecular weight excluding hydrogens is 348 g/mol. The number of benzene rings is 2. The summed E-state index contributed by atoms with van der Waals surface area (Å²) in [7, 11) is 3.16. The summed E-state index contributed by atoms with van der Waals surface area (Å²) in [6, 6.07) is 14.7. The van der Waals surface area contributed by atoms with E-state index in [1.165, 1.54) is 13.8 Å². The van der Waals surface area contributed by atoms with Gasteiger partial charge in [-0.2, -0.15) is 4.89 Å². The van der Waals surface area contributed by atoms with Crippen molar-refractivity contribution in [3.8, 4) is 11.5 Å². The first-order chi connectivity index (χ1) is 12.8. The lowest BCUT2D eigenvalue weighted by Gasteiger charge is -2.45. The van der Waals surface area contributed by atoms with Crippen LogP contribution in [0.5, 0.6) is 11.5 Å². The Morgan fingerprint density at radius 1 is 1.07 bits per heavy atom. The lowest BCUT2D eigenvalue weighted by atomic mass is 9.75. The van der Waals surface area contributed by atoms with Crippen LogP contribution in [-0.4, -0.2) is 30.9 Å². The van der Waals surface area contributed by atoms with Gasteiger partial charge < -0.3 is 14.6 Å². The van der Waals surface area contributed by atoms with Gasteiger partial charge in [-0.05, 0) is 37.6 Å². The molecule has 0 amide bonds. The molecule has 0 aliphatic carbocycles. The summed E-state index contributed by atoms with van der Waals surface area (Å²) in [5.74, 6) is -1.39. The van der Waals surface area contributed by atoms with Crippen molar-refractivity contribution in [2.45, 2.75) is 31.7 Å². The standard InChI is InChI=1S/C21H24O6/c1-14(22)18-13-21(27-26-20(18,2)23,15-9-11-16(24-3)12-10-15)17-7-5-6-8-19(17)25-4/h5-12,18,23H,13H2,1-4H3. The number of carbonyl (C=O) groups is 1. The molecule has 0 aromatic heterocycles. The van der Waals surface area contributed by atoms with Gasteiger partial charge >= 0.3 is 0 Å². The molecule has 1 N–H and O–H groups in total.